The van der Waals surface area contributed by atoms with Gasteiger partial charge in [-0.25, -0.2) is 0 Å². The Kier molecular flexibility index (Phi) is 3.97. The monoisotopic (exact) mass is 212 g/mol. The standard InChI is InChI=1S/C11H20N2O2/c14-11(5-6-12-9-3-4-9)13-8-10-2-1-7-15-10/h9-10,12H,1-8H2,(H,13,14). The van der Waals surface area contributed by atoms with E-state index in [9.17, 15) is 4.79 Å². The normalized spacial score (nSPS) is 25.5. The van der Waals surface area contributed by atoms with Crippen LogP contribution in [0.15, 0.2) is 0 Å². The van der Waals surface area contributed by atoms with Gasteiger partial charge in [0.25, 0.3) is 0 Å². The zero-order valence-electron chi connectivity index (χ0n) is 9.13. The van der Waals surface area contributed by atoms with Crippen molar-refractivity contribution in [2.75, 3.05) is 19.7 Å². The number of hydrogen-bond acceptors (Lipinski definition) is 3. The molecule has 4 heteroatoms. The van der Waals surface area contributed by atoms with Crippen LogP contribution in [0.25, 0.3) is 0 Å². The predicted octanol–water partition coefficient (Wildman–Crippen LogP) is 0.424. The van der Waals surface area contributed by atoms with E-state index in [-0.39, 0.29) is 12.0 Å². The van der Waals surface area contributed by atoms with Gasteiger partial charge >= 0.3 is 0 Å². The van der Waals surface area contributed by atoms with Crippen LogP contribution in [0, 0.1) is 0 Å². The van der Waals surface area contributed by atoms with Crippen molar-refractivity contribution in [3.05, 3.63) is 0 Å². The number of amides is 1. The minimum Gasteiger partial charge on any atom is -0.376 e. The van der Waals surface area contributed by atoms with Crippen LogP contribution in [0.1, 0.15) is 32.1 Å². The summed E-state index contributed by atoms with van der Waals surface area (Å²) in [5.74, 6) is 0.138. The van der Waals surface area contributed by atoms with Gasteiger partial charge in [-0.15, -0.1) is 0 Å². The highest BCUT2D eigenvalue weighted by atomic mass is 16.5. The number of carbonyl (C=O) groups excluding carboxylic acids is 1. The maximum Gasteiger partial charge on any atom is 0.221 e. The zero-order chi connectivity index (χ0) is 10.5. The molecule has 2 N–H and O–H groups in total. The summed E-state index contributed by atoms with van der Waals surface area (Å²) in [5, 5.41) is 6.24. The van der Waals surface area contributed by atoms with E-state index in [4.69, 9.17) is 4.74 Å². The second-order valence-electron chi connectivity index (χ2n) is 4.42. The Morgan fingerprint density at radius 3 is 2.87 bits per heavy atom. The largest absolute Gasteiger partial charge is 0.376 e. The lowest BCUT2D eigenvalue weighted by molar-refractivity contribution is -0.121. The summed E-state index contributed by atoms with van der Waals surface area (Å²) in [6.07, 6.45) is 5.60. The minimum atomic E-state index is 0.138. The smallest absolute Gasteiger partial charge is 0.221 e. The average Bonchev–Trinajstić information content (AvgIpc) is 2.91. The third-order valence-corrected chi connectivity index (χ3v) is 2.91. The molecule has 1 unspecified atom stereocenters. The topological polar surface area (TPSA) is 50.4 Å². The van der Waals surface area contributed by atoms with Crippen molar-refractivity contribution in [1.29, 1.82) is 0 Å². The van der Waals surface area contributed by atoms with E-state index in [2.05, 4.69) is 10.6 Å². The van der Waals surface area contributed by atoms with Gasteiger partial charge in [-0.2, -0.15) is 0 Å². The summed E-state index contributed by atoms with van der Waals surface area (Å²) in [6, 6.07) is 0.691. The van der Waals surface area contributed by atoms with Gasteiger partial charge in [0.1, 0.15) is 0 Å². The van der Waals surface area contributed by atoms with E-state index >= 15 is 0 Å². The van der Waals surface area contributed by atoms with E-state index in [1.165, 1.54) is 12.8 Å². The molecule has 0 aromatic carbocycles. The van der Waals surface area contributed by atoms with E-state index in [1.807, 2.05) is 0 Å². The second kappa shape index (κ2) is 5.47. The molecule has 1 aliphatic carbocycles. The highest BCUT2D eigenvalue weighted by molar-refractivity contribution is 5.76. The third kappa shape index (κ3) is 4.18. The van der Waals surface area contributed by atoms with Crippen LogP contribution in [-0.4, -0.2) is 37.7 Å². The maximum atomic E-state index is 11.4. The lowest BCUT2D eigenvalue weighted by atomic mass is 10.2. The van der Waals surface area contributed by atoms with Gasteiger partial charge < -0.3 is 15.4 Å². The Bertz CT molecular complexity index is 211. The summed E-state index contributed by atoms with van der Waals surface area (Å²) in [4.78, 5) is 11.4. The molecule has 0 spiro atoms. The third-order valence-electron chi connectivity index (χ3n) is 2.91. The Hall–Kier alpha value is -0.610. The highest BCUT2D eigenvalue weighted by Gasteiger charge is 2.20. The number of rotatable bonds is 6. The number of hydrogen-bond donors (Lipinski definition) is 2. The van der Waals surface area contributed by atoms with Crippen LogP contribution in [0.2, 0.25) is 0 Å². The fraction of sp³-hybridized carbons (Fsp3) is 0.909. The van der Waals surface area contributed by atoms with E-state index in [0.717, 1.165) is 26.0 Å². The van der Waals surface area contributed by atoms with Crippen LogP contribution >= 0.6 is 0 Å². The van der Waals surface area contributed by atoms with Crippen molar-refractivity contribution in [3.8, 4) is 0 Å². The van der Waals surface area contributed by atoms with Gasteiger partial charge in [-0.1, -0.05) is 0 Å². The summed E-state index contributed by atoms with van der Waals surface area (Å²) in [7, 11) is 0. The molecule has 1 saturated carbocycles. The van der Waals surface area contributed by atoms with Crippen molar-refractivity contribution in [2.45, 2.75) is 44.2 Å². The lowest BCUT2D eigenvalue weighted by Gasteiger charge is -2.10. The fourth-order valence-electron chi connectivity index (χ4n) is 1.80. The van der Waals surface area contributed by atoms with Crippen LogP contribution in [0.3, 0.4) is 0 Å². The van der Waals surface area contributed by atoms with Crippen molar-refractivity contribution >= 4 is 5.91 Å². The quantitative estimate of drug-likeness (QED) is 0.671. The number of nitrogens with one attached hydrogen (secondary N) is 2. The van der Waals surface area contributed by atoms with Gasteiger partial charge in [-0.05, 0) is 25.7 Å². The molecule has 0 bridgehead atoms. The Labute approximate surface area is 90.8 Å². The van der Waals surface area contributed by atoms with Crippen LogP contribution in [-0.2, 0) is 9.53 Å². The van der Waals surface area contributed by atoms with E-state index in [1.54, 1.807) is 0 Å². The molecule has 0 aromatic rings. The first-order valence-corrected chi connectivity index (χ1v) is 5.96. The van der Waals surface area contributed by atoms with Gasteiger partial charge in [-0.3, -0.25) is 4.79 Å². The first-order valence-electron chi connectivity index (χ1n) is 5.96. The molecule has 2 fully saturated rings. The molecule has 2 aliphatic rings. The molecule has 2 rings (SSSR count). The van der Waals surface area contributed by atoms with Crippen molar-refractivity contribution in [1.82, 2.24) is 10.6 Å². The molecule has 4 nitrogen and oxygen atoms in total. The Balaban J connectivity index is 1.47. The molecule has 1 saturated heterocycles. The average molecular weight is 212 g/mol. The van der Waals surface area contributed by atoms with Crippen LogP contribution < -0.4 is 10.6 Å². The van der Waals surface area contributed by atoms with Crippen molar-refractivity contribution in [3.63, 3.8) is 0 Å². The summed E-state index contributed by atoms with van der Waals surface area (Å²) < 4.78 is 5.43. The van der Waals surface area contributed by atoms with Crippen LogP contribution in [0.4, 0.5) is 0 Å². The van der Waals surface area contributed by atoms with E-state index < -0.39 is 0 Å². The summed E-state index contributed by atoms with van der Waals surface area (Å²) >= 11 is 0. The molecule has 1 heterocycles. The molecule has 0 aromatic heterocycles. The number of carbonyl (C=O) groups is 1. The molecule has 86 valence electrons. The van der Waals surface area contributed by atoms with Crippen molar-refractivity contribution in [2.24, 2.45) is 0 Å². The van der Waals surface area contributed by atoms with Gasteiger partial charge in [0.05, 0.1) is 6.10 Å². The first-order chi connectivity index (χ1) is 7.34. The fourth-order valence-corrected chi connectivity index (χ4v) is 1.80. The van der Waals surface area contributed by atoms with Crippen LogP contribution in [0.5, 0.6) is 0 Å². The lowest BCUT2D eigenvalue weighted by Crippen LogP contribution is -2.33. The van der Waals surface area contributed by atoms with Gasteiger partial charge in [0.2, 0.25) is 5.91 Å². The van der Waals surface area contributed by atoms with E-state index in [0.29, 0.717) is 19.0 Å². The summed E-state index contributed by atoms with van der Waals surface area (Å²) in [5.41, 5.74) is 0. The zero-order valence-corrected chi connectivity index (χ0v) is 9.13. The molecular formula is C11H20N2O2. The Morgan fingerprint density at radius 2 is 2.20 bits per heavy atom. The number of ether oxygens (including phenoxy) is 1. The predicted molar refractivity (Wildman–Crippen MR) is 57.6 cm³/mol. The second-order valence-corrected chi connectivity index (χ2v) is 4.42. The molecule has 15 heavy (non-hydrogen) atoms. The molecule has 1 atom stereocenters. The SMILES string of the molecule is O=C(CCNC1CC1)NCC1CCCO1. The van der Waals surface area contributed by atoms with Gasteiger partial charge in [0.15, 0.2) is 0 Å². The molecular weight excluding hydrogens is 192 g/mol. The maximum absolute atomic E-state index is 11.4. The summed E-state index contributed by atoms with van der Waals surface area (Å²) in [6.45, 7) is 2.34. The molecule has 1 aliphatic heterocycles. The molecule has 0 radical (unpaired) electrons. The Morgan fingerprint density at radius 1 is 1.33 bits per heavy atom. The molecule has 1 amide bonds. The highest BCUT2D eigenvalue weighted by Crippen LogP contribution is 2.18. The minimum absolute atomic E-state index is 0.138. The van der Waals surface area contributed by atoms with Crippen molar-refractivity contribution < 1.29 is 9.53 Å². The van der Waals surface area contributed by atoms with Gasteiger partial charge in [0, 0.05) is 32.2 Å². The first kappa shape index (κ1) is 10.9.